The zero-order chi connectivity index (χ0) is 14.0. The van der Waals surface area contributed by atoms with Crippen molar-refractivity contribution in [2.24, 2.45) is 11.8 Å². The van der Waals surface area contributed by atoms with Gasteiger partial charge in [0.05, 0.1) is 12.0 Å². The first-order chi connectivity index (χ1) is 8.91. The van der Waals surface area contributed by atoms with Gasteiger partial charge in [-0.25, -0.2) is 0 Å². The van der Waals surface area contributed by atoms with E-state index in [-0.39, 0.29) is 6.42 Å². The molecule has 2 rings (SSSR count). The molecule has 106 valence electrons. The minimum Gasteiger partial charge on any atom is -0.388 e. The molecule has 1 fully saturated rings. The Balaban J connectivity index is 2.25. The normalized spacial score (nSPS) is 26.2. The summed E-state index contributed by atoms with van der Waals surface area (Å²) in [4.78, 5) is 0. The van der Waals surface area contributed by atoms with Crippen LogP contribution in [0, 0.1) is 18.8 Å². The molecule has 0 bridgehead atoms. The Morgan fingerprint density at radius 2 is 1.79 bits per heavy atom. The van der Waals surface area contributed by atoms with E-state index in [1.807, 2.05) is 19.1 Å². The van der Waals surface area contributed by atoms with Crippen LogP contribution in [0.1, 0.15) is 42.9 Å². The Morgan fingerprint density at radius 1 is 1.16 bits per heavy atom. The van der Waals surface area contributed by atoms with Gasteiger partial charge in [-0.2, -0.15) is 13.2 Å². The van der Waals surface area contributed by atoms with E-state index in [0.29, 0.717) is 18.4 Å². The number of aliphatic hydroxyl groups is 1. The van der Waals surface area contributed by atoms with Gasteiger partial charge in [0.1, 0.15) is 0 Å². The number of aryl methyl sites for hydroxylation is 1. The molecule has 1 saturated carbocycles. The van der Waals surface area contributed by atoms with Crippen LogP contribution in [0.5, 0.6) is 0 Å². The van der Waals surface area contributed by atoms with Gasteiger partial charge < -0.3 is 5.11 Å². The molecule has 3 atom stereocenters. The van der Waals surface area contributed by atoms with Gasteiger partial charge in [0, 0.05) is 5.92 Å². The van der Waals surface area contributed by atoms with Crippen molar-refractivity contribution in [3.63, 3.8) is 0 Å². The molecule has 0 radical (unpaired) electrons. The zero-order valence-electron chi connectivity index (χ0n) is 11.0. The molecular formula is C15H19F3O. The third kappa shape index (κ3) is 3.11. The predicted molar refractivity (Wildman–Crippen MR) is 67.6 cm³/mol. The van der Waals surface area contributed by atoms with Crippen molar-refractivity contribution < 1.29 is 18.3 Å². The standard InChI is InChI=1S/C15H19F3O/c1-10-6-2-3-7-11(10)14(19)12-8-4-5-9-13(12)15(16,17)18/h2-3,6-7,12-14,19H,4-5,8-9H2,1H3. The summed E-state index contributed by atoms with van der Waals surface area (Å²) in [6.45, 7) is 1.82. The van der Waals surface area contributed by atoms with E-state index < -0.39 is 24.1 Å². The van der Waals surface area contributed by atoms with E-state index in [2.05, 4.69) is 0 Å². The second-order valence-corrected chi connectivity index (χ2v) is 5.40. The molecule has 4 heteroatoms. The van der Waals surface area contributed by atoms with Crippen LogP contribution in [0.3, 0.4) is 0 Å². The van der Waals surface area contributed by atoms with Gasteiger partial charge in [0.2, 0.25) is 0 Å². The molecule has 19 heavy (non-hydrogen) atoms. The van der Waals surface area contributed by atoms with E-state index in [4.69, 9.17) is 0 Å². The second-order valence-electron chi connectivity index (χ2n) is 5.40. The molecular weight excluding hydrogens is 253 g/mol. The van der Waals surface area contributed by atoms with Crippen LogP contribution < -0.4 is 0 Å². The Morgan fingerprint density at radius 3 is 2.42 bits per heavy atom. The number of hydrogen-bond donors (Lipinski definition) is 1. The van der Waals surface area contributed by atoms with E-state index in [1.165, 1.54) is 0 Å². The average Bonchev–Trinajstić information content (AvgIpc) is 2.37. The first kappa shape index (κ1) is 14.4. The van der Waals surface area contributed by atoms with Gasteiger partial charge in [0.25, 0.3) is 0 Å². The van der Waals surface area contributed by atoms with E-state index >= 15 is 0 Å². The van der Waals surface area contributed by atoms with Gasteiger partial charge in [-0.1, -0.05) is 37.1 Å². The highest BCUT2D eigenvalue weighted by molar-refractivity contribution is 5.28. The number of aliphatic hydroxyl groups excluding tert-OH is 1. The second kappa shape index (κ2) is 5.53. The van der Waals surface area contributed by atoms with Gasteiger partial charge in [-0.05, 0) is 30.9 Å². The lowest BCUT2D eigenvalue weighted by Crippen LogP contribution is -2.36. The van der Waals surface area contributed by atoms with Gasteiger partial charge in [0.15, 0.2) is 0 Å². The molecule has 1 aromatic rings. The highest BCUT2D eigenvalue weighted by Crippen LogP contribution is 2.46. The summed E-state index contributed by atoms with van der Waals surface area (Å²) < 4.78 is 39.2. The fourth-order valence-electron chi connectivity index (χ4n) is 3.09. The van der Waals surface area contributed by atoms with Crippen LogP contribution in [0.25, 0.3) is 0 Å². The van der Waals surface area contributed by atoms with Crippen molar-refractivity contribution in [2.75, 3.05) is 0 Å². The molecule has 1 aromatic carbocycles. The summed E-state index contributed by atoms with van der Waals surface area (Å²) in [5.74, 6) is -2.09. The van der Waals surface area contributed by atoms with Gasteiger partial charge in [-0.3, -0.25) is 0 Å². The quantitative estimate of drug-likeness (QED) is 0.846. The third-order valence-electron chi connectivity index (χ3n) is 4.15. The van der Waals surface area contributed by atoms with Crippen LogP contribution >= 0.6 is 0 Å². The number of rotatable bonds is 2. The topological polar surface area (TPSA) is 20.2 Å². The summed E-state index contributed by atoms with van der Waals surface area (Å²) in [6.07, 6.45) is -3.29. The largest absolute Gasteiger partial charge is 0.392 e. The van der Waals surface area contributed by atoms with Crippen LogP contribution in [-0.4, -0.2) is 11.3 Å². The molecule has 1 aliphatic carbocycles. The maximum atomic E-state index is 13.1. The highest BCUT2D eigenvalue weighted by Gasteiger charge is 2.47. The van der Waals surface area contributed by atoms with Crippen LogP contribution in [-0.2, 0) is 0 Å². The Labute approximate surface area is 111 Å². The maximum absolute atomic E-state index is 13.1. The summed E-state index contributed by atoms with van der Waals surface area (Å²) in [6, 6.07) is 7.14. The van der Waals surface area contributed by atoms with E-state index in [9.17, 15) is 18.3 Å². The Hall–Kier alpha value is -1.03. The monoisotopic (exact) mass is 272 g/mol. The molecule has 3 unspecified atom stereocenters. The molecule has 0 aromatic heterocycles. The van der Waals surface area contributed by atoms with Crippen molar-refractivity contribution in [1.29, 1.82) is 0 Å². The number of benzene rings is 1. The first-order valence-corrected chi connectivity index (χ1v) is 6.71. The molecule has 0 saturated heterocycles. The maximum Gasteiger partial charge on any atom is 0.392 e. The summed E-state index contributed by atoms with van der Waals surface area (Å²) in [5.41, 5.74) is 1.48. The highest BCUT2D eigenvalue weighted by atomic mass is 19.4. The van der Waals surface area contributed by atoms with Crippen molar-refractivity contribution >= 4 is 0 Å². The molecule has 0 aliphatic heterocycles. The first-order valence-electron chi connectivity index (χ1n) is 6.71. The molecule has 0 amide bonds. The lowest BCUT2D eigenvalue weighted by Gasteiger charge is -2.36. The SMILES string of the molecule is Cc1ccccc1C(O)C1CCCCC1C(F)(F)F. The third-order valence-corrected chi connectivity index (χ3v) is 4.15. The summed E-state index contributed by atoms with van der Waals surface area (Å²) >= 11 is 0. The summed E-state index contributed by atoms with van der Waals surface area (Å²) in [7, 11) is 0. The number of alkyl halides is 3. The molecule has 1 aliphatic rings. The van der Waals surface area contributed by atoms with Gasteiger partial charge >= 0.3 is 6.18 Å². The van der Waals surface area contributed by atoms with E-state index in [1.54, 1.807) is 12.1 Å². The fourth-order valence-corrected chi connectivity index (χ4v) is 3.09. The lowest BCUT2D eigenvalue weighted by molar-refractivity contribution is -0.207. The van der Waals surface area contributed by atoms with Crippen molar-refractivity contribution in [1.82, 2.24) is 0 Å². The van der Waals surface area contributed by atoms with Gasteiger partial charge in [-0.15, -0.1) is 0 Å². The lowest BCUT2D eigenvalue weighted by atomic mass is 9.73. The van der Waals surface area contributed by atoms with Crippen LogP contribution in [0.15, 0.2) is 24.3 Å². The minimum atomic E-state index is -4.21. The van der Waals surface area contributed by atoms with Crippen LogP contribution in [0.4, 0.5) is 13.2 Å². The Kier molecular flexibility index (Phi) is 4.19. The number of halogens is 3. The Bertz CT molecular complexity index is 428. The van der Waals surface area contributed by atoms with Crippen molar-refractivity contribution in [3.05, 3.63) is 35.4 Å². The predicted octanol–water partition coefficient (Wildman–Crippen LogP) is 4.40. The van der Waals surface area contributed by atoms with Crippen LogP contribution in [0.2, 0.25) is 0 Å². The van der Waals surface area contributed by atoms with E-state index in [0.717, 1.165) is 12.0 Å². The number of hydrogen-bond acceptors (Lipinski definition) is 1. The molecule has 0 heterocycles. The van der Waals surface area contributed by atoms with Crippen molar-refractivity contribution in [2.45, 2.75) is 44.9 Å². The average molecular weight is 272 g/mol. The molecule has 0 spiro atoms. The smallest absolute Gasteiger partial charge is 0.388 e. The summed E-state index contributed by atoms with van der Waals surface area (Å²) in [5, 5.41) is 10.4. The minimum absolute atomic E-state index is 0.136. The zero-order valence-corrected chi connectivity index (χ0v) is 11.0. The molecule has 1 N–H and O–H groups in total. The fraction of sp³-hybridized carbons (Fsp3) is 0.600. The molecule has 1 nitrogen and oxygen atoms in total. The van der Waals surface area contributed by atoms with Crippen molar-refractivity contribution in [3.8, 4) is 0 Å².